The van der Waals surface area contributed by atoms with Crippen LogP contribution in [0.5, 0.6) is 5.75 Å². The average Bonchev–Trinajstić information content (AvgIpc) is 3.05. The number of hydrogen-bond donors (Lipinski definition) is 1. The smallest absolute Gasteiger partial charge is 0.290 e. The van der Waals surface area contributed by atoms with Gasteiger partial charge in [-0.2, -0.15) is 0 Å². The summed E-state index contributed by atoms with van der Waals surface area (Å²) in [6, 6.07) is 5.23. The molecule has 0 saturated carbocycles. The lowest BCUT2D eigenvalue weighted by molar-refractivity contribution is -0.115. The number of carbonyl (C=O) groups excluding carboxylic acids is 2. The molecule has 0 spiro atoms. The first-order valence-electron chi connectivity index (χ1n) is 10.8. The van der Waals surface area contributed by atoms with Crippen LogP contribution >= 0.6 is 11.8 Å². The fourth-order valence-corrected chi connectivity index (χ4v) is 5.36. The Hall–Kier alpha value is -2.67. The van der Waals surface area contributed by atoms with E-state index in [1.54, 1.807) is 0 Å². The summed E-state index contributed by atoms with van der Waals surface area (Å²) in [5, 5.41) is 1.53. The summed E-state index contributed by atoms with van der Waals surface area (Å²) < 4.78 is 36.2. The lowest BCUT2D eigenvalue weighted by Crippen LogP contribution is -2.34. The molecule has 2 aromatic carbocycles. The Morgan fingerprint density at radius 3 is 2.18 bits per heavy atom. The van der Waals surface area contributed by atoms with Crippen molar-refractivity contribution in [2.24, 2.45) is 0 Å². The number of thioether (sulfide) groups is 1. The topological polar surface area (TPSA) is 55.4 Å². The van der Waals surface area contributed by atoms with Crippen molar-refractivity contribution >= 4 is 29.0 Å². The van der Waals surface area contributed by atoms with E-state index in [-0.39, 0.29) is 32.6 Å². The summed E-state index contributed by atoms with van der Waals surface area (Å²) in [7, 11) is 1.37. The number of fused-ring (bicyclic) bond motifs is 1. The van der Waals surface area contributed by atoms with Crippen molar-refractivity contribution in [3.8, 4) is 16.9 Å². The third-order valence-corrected chi connectivity index (χ3v) is 7.63. The molecule has 0 unspecified atom stereocenters. The minimum Gasteiger partial charge on any atom is -0.496 e. The van der Waals surface area contributed by atoms with Gasteiger partial charge in [0.1, 0.15) is 17.4 Å². The Labute approximate surface area is 196 Å². The van der Waals surface area contributed by atoms with Gasteiger partial charge in [-0.3, -0.25) is 14.9 Å². The number of benzene rings is 2. The first kappa shape index (κ1) is 23.5. The quantitative estimate of drug-likeness (QED) is 0.511. The summed E-state index contributed by atoms with van der Waals surface area (Å²) in [5.41, 5.74) is 3.51. The third kappa shape index (κ3) is 3.97. The Morgan fingerprint density at radius 2 is 1.64 bits per heavy atom. The number of rotatable bonds is 3. The highest BCUT2D eigenvalue weighted by atomic mass is 32.2. The van der Waals surface area contributed by atoms with Gasteiger partial charge in [-0.15, -0.1) is 0 Å². The van der Waals surface area contributed by atoms with Gasteiger partial charge < -0.3 is 4.74 Å². The van der Waals surface area contributed by atoms with Gasteiger partial charge in [0.25, 0.3) is 11.1 Å². The Kier molecular flexibility index (Phi) is 5.68. The summed E-state index contributed by atoms with van der Waals surface area (Å²) in [5.74, 6) is -2.30. The molecule has 1 fully saturated rings. The molecule has 1 aliphatic carbocycles. The molecule has 33 heavy (non-hydrogen) atoms. The Balaban J connectivity index is 1.98. The number of methoxy groups -OCH3 is 1. The van der Waals surface area contributed by atoms with Gasteiger partial charge in [0.05, 0.1) is 17.6 Å². The molecule has 2 aromatic rings. The Morgan fingerprint density at radius 1 is 1.03 bits per heavy atom. The second-order valence-electron chi connectivity index (χ2n) is 10.00. The van der Waals surface area contributed by atoms with E-state index in [1.807, 2.05) is 13.0 Å². The van der Waals surface area contributed by atoms with E-state index in [0.29, 0.717) is 17.3 Å². The van der Waals surface area contributed by atoms with Crippen molar-refractivity contribution in [2.45, 2.75) is 58.3 Å². The van der Waals surface area contributed by atoms with Gasteiger partial charge >= 0.3 is 0 Å². The van der Waals surface area contributed by atoms with E-state index < -0.39 is 22.8 Å². The molecule has 0 atom stereocenters. The van der Waals surface area contributed by atoms with Crippen LogP contribution in [0.25, 0.3) is 17.2 Å². The molecule has 0 bridgehead atoms. The molecule has 1 saturated heterocycles. The van der Waals surface area contributed by atoms with Crippen LogP contribution in [-0.4, -0.2) is 18.3 Å². The van der Waals surface area contributed by atoms with E-state index in [2.05, 4.69) is 39.1 Å². The maximum Gasteiger partial charge on any atom is 0.290 e. The second-order valence-corrected chi connectivity index (χ2v) is 11.0. The highest BCUT2D eigenvalue weighted by molar-refractivity contribution is 8.18. The highest BCUT2D eigenvalue weighted by Crippen LogP contribution is 2.49. The molecule has 0 aromatic heterocycles. The molecular weight excluding hydrogens is 444 g/mol. The predicted molar refractivity (Wildman–Crippen MR) is 127 cm³/mol. The van der Waals surface area contributed by atoms with Crippen LogP contribution in [-0.2, 0) is 15.6 Å². The van der Waals surface area contributed by atoms with Crippen molar-refractivity contribution in [3.05, 3.63) is 57.0 Å². The van der Waals surface area contributed by atoms with E-state index in [0.717, 1.165) is 36.1 Å². The molecule has 174 valence electrons. The minimum absolute atomic E-state index is 0.00521. The monoisotopic (exact) mass is 471 g/mol. The molecule has 0 radical (unpaired) electrons. The van der Waals surface area contributed by atoms with Crippen LogP contribution in [0, 0.1) is 18.6 Å². The molecule has 1 heterocycles. The first-order chi connectivity index (χ1) is 15.4. The summed E-state index contributed by atoms with van der Waals surface area (Å²) in [6.45, 7) is 10.7. The number of aryl methyl sites for hydroxylation is 1. The maximum absolute atomic E-state index is 15.9. The molecule has 1 aliphatic heterocycles. The summed E-state index contributed by atoms with van der Waals surface area (Å²) >= 11 is 0.616. The summed E-state index contributed by atoms with van der Waals surface area (Å²) in [6.07, 6.45) is 3.13. The van der Waals surface area contributed by atoms with Crippen molar-refractivity contribution in [1.29, 1.82) is 0 Å². The van der Waals surface area contributed by atoms with Crippen molar-refractivity contribution < 1.29 is 23.1 Å². The van der Waals surface area contributed by atoms with Crippen LogP contribution in [0.2, 0.25) is 0 Å². The standard InChI is InChI=1S/C26H27F2NO3S/c1-13-9-16-17(26(4,5)8-7-25(16,2)3)10-14(13)21-19(32-6)12-18(27)15(22(21)28)11-20-23(30)29-24(31)33-20/h9-12H,7-8H2,1-6H3,(H,29,30,31). The zero-order valence-corrected chi connectivity index (χ0v) is 20.4. The first-order valence-corrected chi connectivity index (χ1v) is 11.6. The molecule has 4 nitrogen and oxygen atoms in total. The molecule has 2 aliphatic rings. The van der Waals surface area contributed by atoms with Gasteiger partial charge in [0.15, 0.2) is 0 Å². The average molecular weight is 472 g/mol. The molecule has 2 amide bonds. The SMILES string of the molecule is COc1cc(F)c(C=C2SC(=O)NC2=O)c(F)c1-c1cc2c(cc1C)C(C)(C)CCC2(C)C. The number of halogens is 2. The second kappa shape index (κ2) is 7.97. The van der Waals surface area contributed by atoms with Crippen LogP contribution in [0.3, 0.4) is 0 Å². The van der Waals surface area contributed by atoms with Gasteiger partial charge in [-0.05, 0) is 76.8 Å². The van der Waals surface area contributed by atoms with Gasteiger partial charge in [-0.1, -0.05) is 33.8 Å². The predicted octanol–water partition coefficient (Wildman–Crippen LogP) is 6.62. The normalized spacial score (nSPS) is 20.1. The minimum atomic E-state index is -0.870. The van der Waals surface area contributed by atoms with Crippen LogP contribution in [0.4, 0.5) is 13.6 Å². The fraction of sp³-hybridized carbons (Fsp3) is 0.385. The molecular formula is C26H27F2NO3S. The lowest BCUT2D eigenvalue weighted by atomic mass is 9.62. The van der Waals surface area contributed by atoms with Crippen LogP contribution in [0.15, 0.2) is 23.1 Å². The van der Waals surface area contributed by atoms with E-state index in [1.165, 1.54) is 12.7 Å². The highest BCUT2D eigenvalue weighted by Gasteiger charge is 2.38. The molecule has 4 rings (SSSR count). The van der Waals surface area contributed by atoms with E-state index >= 15 is 4.39 Å². The van der Waals surface area contributed by atoms with Gasteiger partial charge in [0, 0.05) is 11.6 Å². The Bertz CT molecular complexity index is 1230. The number of imide groups is 1. The van der Waals surface area contributed by atoms with Crippen LogP contribution in [0.1, 0.15) is 62.8 Å². The number of nitrogens with one attached hydrogen (secondary N) is 1. The lowest BCUT2D eigenvalue weighted by Gasteiger charge is -2.42. The van der Waals surface area contributed by atoms with Gasteiger partial charge in [-0.25, -0.2) is 8.78 Å². The van der Waals surface area contributed by atoms with Crippen molar-refractivity contribution in [2.75, 3.05) is 7.11 Å². The van der Waals surface area contributed by atoms with E-state index in [9.17, 15) is 14.0 Å². The number of carbonyl (C=O) groups is 2. The number of amides is 2. The molecule has 7 heteroatoms. The van der Waals surface area contributed by atoms with Crippen molar-refractivity contribution in [1.82, 2.24) is 5.32 Å². The third-order valence-electron chi connectivity index (χ3n) is 6.82. The van der Waals surface area contributed by atoms with Crippen molar-refractivity contribution in [3.63, 3.8) is 0 Å². The molecule has 1 N–H and O–H groups in total. The zero-order chi connectivity index (χ0) is 24.3. The zero-order valence-electron chi connectivity index (χ0n) is 19.6. The maximum atomic E-state index is 15.9. The number of hydrogen-bond acceptors (Lipinski definition) is 4. The largest absolute Gasteiger partial charge is 0.496 e. The number of ether oxygens (including phenoxy) is 1. The van der Waals surface area contributed by atoms with E-state index in [4.69, 9.17) is 4.74 Å². The van der Waals surface area contributed by atoms with Gasteiger partial charge in [0.2, 0.25) is 0 Å². The fourth-order valence-electron chi connectivity index (χ4n) is 4.70. The summed E-state index contributed by atoms with van der Waals surface area (Å²) in [4.78, 5) is 23.4. The van der Waals surface area contributed by atoms with Crippen LogP contribution < -0.4 is 10.1 Å².